The molecule has 1 unspecified atom stereocenters. The quantitative estimate of drug-likeness (QED) is 0.571. The van der Waals surface area contributed by atoms with Crippen molar-refractivity contribution >= 4 is 23.2 Å². The van der Waals surface area contributed by atoms with Crippen molar-refractivity contribution in [3.05, 3.63) is 74.8 Å². The van der Waals surface area contributed by atoms with Gasteiger partial charge in [-0.3, -0.25) is 4.79 Å². The highest BCUT2D eigenvalue weighted by Gasteiger charge is 2.29. The van der Waals surface area contributed by atoms with Gasteiger partial charge in [0.25, 0.3) is 0 Å². The number of aromatic hydroxyl groups is 1. The van der Waals surface area contributed by atoms with Crippen LogP contribution in [0.1, 0.15) is 29.2 Å². The summed E-state index contributed by atoms with van der Waals surface area (Å²) < 4.78 is 21.5. The highest BCUT2D eigenvalue weighted by Crippen LogP contribution is 2.45. The first-order chi connectivity index (χ1) is 15.4. The Bertz CT molecular complexity index is 1240. The fraction of sp³-hybridized carbons (Fsp3) is 0.217. The molecule has 2 N–H and O–H groups in total. The van der Waals surface area contributed by atoms with Gasteiger partial charge in [-0.05, 0) is 42.8 Å². The van der Waals surface area contributed by atoms with E-state index in [2.05, 4.69) is 5.32 Å². The Hall–Kier alpha value is -3.65. The van der Waals surface area contributed by atoms with Gasteiger partial charge in [0.15, 0.2) is 11.5 Å². The highest BCUT2D eigenvalue weighted by atomic mass is 35.5. The van der Waals surface area contributed by atoms with Crippen LogP contribution >= 0.6 is 11.6 Å². The number of hydrogen-bond acceptors (Lipinski definition) is 7. The van der Waals surface area contributed by atoms with Crippen LogP contribution in [0.3, 0.4) is 0 Å². The summed E-state index contributed by atoms with van der Waals surface area (Å²) in [4.78, 5) is 25.6. The van der Waals surface area contributed by atoms with Gasteiger partial charge >= 0.3 is 5.63 Å². The molecule has 166 valence electrons. The number of methoxy groups -OCH3 is 1. The minimum absolute atomic E-state index is 0.0208. The van der Waals surface area contributed by atoms with Crippen molar-refractivity contribution < 1.29 is 28.5 Å². The Morgan fingerprint density at radius 1 is 1.25 bits per heavy atom. The van der Waals surface area contributed by atoms with Crippen molar-refractivity contribution in [2.24, 2.45) is 0 Å². The second-order valence-electron chi connectivity index (χ2n) is 7.22. The van der Waals surface area contributed by atoms with Gasteiger partial charge in [-0.15, -0.1) is 0 Å². The summed E-state index contributed by atoms with van der Waals surface area (Å²) in [5.74, 6) is -0.0411. The SMILES string of the molecule is COc1cc(C(CC(=O)Nc2cccc(Cl)c2)c2c(O)cc(C)oc2=O)cc2c1OCO2. The average Bonchev–Trinajstić information content (AvgIpc) is 3.20. The molecule has 4 rings (SSSR count). The van der Waals surface area contributed by atoms with Crippen LogP contribution in [-0.2, 0) is 4.79 Å². The second-order valence-corrected chi connectivity index (χ2v) is 7.65. The fourth-order valence-corrected chi connectivity index (χ4v) is 3.82. The molecule has 1 aliphatic rings. The van der Waals surface area contributed by atoms with Crippen LogP contribution in [0.15, 0.2) is 51.7 Å². The lowest BCUT2D eigenvalue weighted by Gasteiger charge is -2.19. The van der Waals surface area contributed by atoms with Gasteiger partial charge in [0.1, 0.15) is 11.5 Å². The second kappa shape index (κ2) is 8.84. The number of benzene rings is 2. The third kappa shape index (κ3) is 4.36. The summed E-state index contributed by atoms with van der Waals surface area (Å²) in [6, 6.07) is 11.3. The number of nitrogens with one attached hydrogen (secondary N) is 1. The summed E-state index contributed by atoms with van der Waals surface area (Å²) in [6.45, 7) is 1.57. The zero-order valence-electron chi connectivity index (χ0n) is 17.3. The predicted octanol–water partition coefficient (Wildman–Crippen LogP) is 4.21. The number of fused-ring (bicyclic) bond motifs is 1. The molecular weight excluding hydrogens is 438 g/mol. The van der Waals surface area contributed by atoms with E-state index in [-0.39, 0.29) is 30.3 Å². The smallest absolute Gasteiger partial charge is 0.343 e. The predicted molar refractivity (Wildman–Crippen MR) is 117 cm³/mol. The van der Waals surface area contributed by atoms with Crippen LogP contribution in [0, 0.1) is 6.92 Å². The monoisotopic (exact) mass is 457 g/mol. The first kappa shape index (κ1) is 21.6. The number of carbonyl (C=O) groups excluding carboxylic acids is 1. The van der Waals surface area contributed by atoms with Gasteiger partial charge in [-0.1, -0.05) is 17.7 Å². The zero-order valence-corrected chi connectivity index (χ0v) is 18.1. The molecule has 8 nitrogen and oxygen atoms in total. The van der Waals surface area contributed by atoms with E-state index in [0.29, 0.717) is 33.5 Å². The molecule has 3 aromatic rings. The molecular formula is C23H20ClNO7. The number of hydrogen-bond donors (Lipinski definition) is 2. The van der Waals surface area contributed by atoms with Crippen molar-refractivity contribution in [2.45, 2.75) is 19.3 Å². The molecule has 0 saturated heterocycles. The summed E-state index contributed by atoms with van der Waals surface area (Å²) in [7, 11) is 1.47. The molecule has 32 heavy (non-hydrogen) atoms. The van der Waals surface area contributed by atoms with Gasteiger partial charge in [0, 0.05) is 29.1 Å². The molecule has 0 saturated carbocycles. The lowest BCUT2D eigenvalue weighted by molar-refractivity contribution is -0.116. The molecule has 1 atom stereocenters. The lowest BCUT2D eigenvalue weighted by atomic mass is 9.88. The highest BCUT2D eigenvalue weighted by molar-refractivity contribution is 6.30. The largest absolute Gasteiger partial charge is 0.507 e. The number of anilines is 1. The molecule has 1 aromatic heterocycles. The molecule has 0 radical (unpaired) electrons. The molecule has 0 bridgehead atoms. The molecule has 0 spiro atoms. The van der Waals surface area contributed by atoms with Gasteiger partial charge in [-0.2, -0.15) is 0 Å². The minimum Gasteiger partial charge on any atom is -0.507 e. The summed E-state index contributed by atoms with van der Waals surface area (Å²) in [5.41, 5.74) is 0.237. The third-order valence-corrected chi connectivity index (χ3v) is 5.25. The van der Waals surface area contributed by atoms with E-state index in [1.54, 1.807) is 43.3 Å². The van der Waals surface area contributed by atoms with E-state index in [1.807, 2.05) is 0 Å². The topological polar surface area (TPSA) is 107 Å². The number of halogens is 1. The van der Waals surface area contributed by atoms with E-state index < -0.39 is 17.5 Å². The van der Waals surface area contributed by atoms with E-state index in [4.69, 9.17) is 30.2 Å². The number of aryl methyl sites for hydroxylation is 1. The van der Waals surface area contributed by atoms with Gasteiger partial charge in [0.05, 0.1) is 12.7 Å². The van der Waals surface area contributed by atoms with Crippen LogP contribution in [0.5, 0.6) is 23.0 Å². The Kier molecular flexibility index (Phi) is 5.96. The Morgan fingerprint density at radius 3 is 2.78 bits per heavy atom. The van der Waals surface area contributed by atoms with Crippen molar-refractivity contribution in [1.82, 2.24) is 0 Å². The third-order valence-electron chi connectivity index (χ3n) is 5.02. The van der Waals surface area contributed by atoms with Crippen LogP contribution in [0.2, 0.25) is 5.02 Å². The zero-order chi connectivity index (χ0) is 22.8. The Morgan fingerprint density at radius 2 is 2.06 bits per heavy atom. The standard InChI is InChI=1S/C23H20ClNO7/c1-12-6-17(26)21(23(28)32-12)16(10-20(27)25-15-5-3-4-14(24)9-15)13-7-18(29-2)22-19(8-13)30-11-31-22/h3-9,16,26H,10-11H2,1-2H3,(H,25,27). The van der Waals surface area contributed by atoms with Crippen LogP contribution < -0.4 is 25.2 Å². The number of ether oxygens (including phenoxy) is 3. The number of carbonyl (C=O) groups is 1. The van der Waals surface area contributed by atoms with Crippen LogP contribution in [0.25, 0.3) is 0 Å². The van der Waals surface area contributed by atoms with Crippen LogP contribution in [-0.4, -0.2) is 24.9 Å². The summed E-state index contributed by atoms with van der Waals surface area (Å²) in [6.07, 6.45) is -0.170. The van der Waals surface area contributed by atoms with Crippen LogP contribution in [0.4, 0.5) is 5.69 Å². The van der Waals surface area contributed by atoms with E-state index in [1.165, 1.54) is 13.2 Å². The molecule has 0 fully saturated rings. The van der Waals surface area contributed by atoms with Crippen molar-refractivity contribution in [1.29, 1.82) is 0 Å². The molecule has 2 aromatic carbocycles. The molecule has 1 aliphatic heterocycles. The Balaban J connectivity index is 1.76. The molecule has 2 heterocycles. The summed E-state index contributed by atoms with van der Waals surface area (Å²) >= 11 is 5.99. The van der Waals surface area contributed by atoms with E-state index in [0.717, 1.165) is 0 Å². The molecule has 1 amide bonds. The van der Waals surface area contributed by atoms with Crippen molar-refractivity contribution in [3.63, 3.8) is 0 Å². The lowest BCUT2D eigenvalue weighted by Crippen LogP contribution is -2.21. The summed E-state index contributed by atoms with van der Waals surface area (Å²) in [5, 5.41) is 13.8. The number of rotatable bonds is 6. The van der Waals surface area contributed by atoms with E-state index in [9.17, 15) is 14.7 Å². The maximum atomic E-state index is 12.9. The maximum Gasteiger partial charge on any atom is 0.343 e. The van der Waals surface area contributed by atoms with Crippen molar-refractivity contribution in [2.75, 3.05) is 19.2 Å². The minimum atomic E-state index is -0.852. The first-order valence-corrected chi connectivity index (χ1v) is 10.1. The molecule has 9 heteroatoms. The maximum absolute atomic E-state index is 12.9. The number of amides is 1. The van der Waals surface area contributed by atoms with Crippen molar-refractivity contribution in [3.8, 4) is 23.0 Å². The van der Waals surface area contributed by atoms with Gasteiger partial charge < -0.3 is 29.1 Å². The molecule has 0 aliphatic carbocycles. The van der Waals surface area contributed by atoms with Gasteiger partial charge in [0.2, 0.25) is 18.4 Å². The van der Waals surface area contributed by atoms with E-state index >= 15 is 0 Å². The average molecular weight is 458 g/mol. The normalized spacial score (nSPS) is 13.0. The van der Waals surface area contributed by atoms with Gasteiger partial charge in [-0.25, -0.2) is 4.79 Å². The Labute approximate surface area is 188 Å². The first-order valence-electron chi connectivity index (χ1n) is 9.72. The fourth-order valence-electron chi connectivity index (χ4n) is 3.63.